The molecule has 126 valence electrons. The second-order valence-corrected chi connectivity index (χ2v) is 7.52. The number of pyridine rings is 1. The lowest BCUT2D eigenvalue weighted by molar-refractivity contribution is 0.321. The summed E-state index contributed by atoms with van der Waals surface area (Å²) in [5.41, 5.74) is 4.49. The Kier molecular flexibility index (Phi) is 3.94. The summed E-state index contributed by atoms with van der Waals surface area (Å²) in [5, 5.41) is 4.13. The molecule has 3 nitrogen and oxygen atoms in total. The molecule has 2 aromatic carbocycles. The van der Waals surface area contributed by atoms with E-state index in [1.807, 2.05) is 23.6 Å². The highest BCUT2D eigenvalue weighted by Crippen LogP contribution is 2.34. The van der Waals surface area contributed by atoms with Gasteiger partial charge in [0, 0.05) is 22.3 Å². The van der Waals surface area contributed by atoms with Gasteiger partial charge in [-0.2, -0.15) is 0 Å². The van der Waals surface area contributed by atoms with Gasteiger partial charge >= 0.3 is 0 Å². The molecule has 4 heteroatoms. The molecule has 0 aliphatic rings. The van der Waals surface area contributed by atoms with Crippen LogP contribution in [0.1, 0.15) is 18.5 Å². The van der Waals surface area contributed by atoms with E-state index in [4.69, 9.17) is 0 Å². The number of thiophene rings is 1. The van der Waals surface area contributed by atoms with Crippen molar-refractivity contribution in [2.75, 3.05) is 14.1 Å². The van der Waals surface area contributed by atoms with Crippen LogP contribution in [0.3, 0.4) is 0 Å². The first kappa shape index (κ1) is 16.1. The maximum atomic E-state index is 12.2. The SMILES string of the molecule is CC(c1ccc(-c2cccc3[nH]c(=O)c4sccc4c23)cc1)N(C)C. The third kappa shape index (κ3) is 2.68. The molecule has 0 amide bonds. The van der Waals surface area contributed by atoms with Gasteiger partial charge in [0.1, 0.15) is 4.70 Å². The molecule has 0 spiro atoms. The molecule has 1 atom stereocenters. The molecule has 1 N–H and O–H groups in total. The number of benzene rings is 2. The van der Waals surface area contributed by atoms with Crippen LogP contribution in [0.2, 0.25) is 0 Å². The molecular weight excluding hydrogens is 328 g/mol. The second kappa shape index (κ2) is 6.14. The molecule has 0 aliphatic heterocycles. The molecule has 25 heavy (non-hydrogen) atoms. The van der Waals surface area contributed by atoms with Crippen LogP contribution in [0.5, 0.6) is 0 Å². The molecule has 0 fully saturated rings. The zero-order valence-corrected chi connectivity index (χ0v) is 15.4. The Morgan fingerprint density at radius 1 is 1.04 bits per heavy atom. The molecule has 2 heterocycles. The molecule has 0 saturated carbocycles. The summed E-state index contributed by atoms with van der Waals surface area (Å²) in [6, 6.07) is 17.3. The molecule has 0 aliphatic carbocycles. The van der Waals surface area contributed by atoms with Gasteiger partial charge in [-0.25, -0.2) is 0 Å². The maximum absolute atomic E-state index is 12.2. The van der Waals surface area contributed by atoms with Crippen LogP contribution < -0.4 is 5.56 Å². The minimum atomic E-state index is -0.00944. The van der Waals surface area contributed by atoms with E-state index in [1.165, 1.54) is 22.5 Å². The Morgan fingerprint density at radius 3 is 2.52 bits per heavy atom. The highest BCUT2D eigenvalue weighted by atomic mass is 32.1. The van der Waals surface area contributed by atoms with E-state index < -0.39 is 0 Å². The number of fused-ring (bicyclic) bond motifs is 3. The van der Waals surface area contributed by atoms with E-state index in [0.717, 1.165) is 26.6 Å². The van der Waals surface area contributed by atoms with Gasteiger partial charge in [-0.15, -0.1) is 11.3 Å². The first-order chi connectivity index (χ1) is 12.1. The van der Waals surface area contributed by atoms with Crippen LogP contribution in [0.25, 0.3) is 32.1 Å². The summed E-state index contributed by atoms with van der Waals surface area (Å²) in [7, 11) is 4.18. The molecule has 1 unspecified atom stereocenters. The van der Waals surface area contributed by atoms with Crippen molar-refractivity contribution in [1.29, 1.82) is 0 Å². The smallest absolute Gasteiger partial charge is 0.266 e. The molecule has 4 rings (SSSR count). The van der Waals surface area contributed by atoms with Crippen LogP contribution >= 0.6 is 11.3 Å². The summed E-state index contributed by atoms with van der Waals surface area (Å²) in [4.78, 5) is 17.5. The minimum absolute atomic E-state index is 0.00944. The largest absolute Gasteiger partial charge is 0.321 e. The van der Waals surface area contributed by atoms with Gasteiger partial charge in [0.25, 0.3) is 5.56 Å². The van der Waals surface area contributed by atoms with Crippen molar-refractivity contribution >= 4 is 32.3 Å². The predicted molar refractivity (Wildman–Crippen MR) is 107 cm³/mol. The van der Waals surface area contributed by atoms with E-state index >= 15 is 0 Å². The van der Waals surface area contributed by atoms with Crippen LogP contribution in [0, 0.1) is 0 Å². The van der Waals surface area contributed by atoms with Crippen molar-refractivity contribution in [1.82, 2.24) is 9.88 Å². The van der Waals surface area contributed by atoms with Gasteiger partial charge in [0.2, 0.25) is 0 Å². The number of nitrogens with zero attached hydrogens (tertiary/aromatic N) is 1. The predicted octanol–water partition coefficient (Wildman–Crippen LogP) is 5.03. The lowest BCUT2D eigenvalue weighted by Crippen LogP contribution is -2.16. The summed E-state index contributed by atoms with van der Waals surface area (Å²) >= 11 is 1.49. The molecule has 0 radical (unpaired) electrons. The van der Waals surface area contributed by atoms with Crippen LogP contribution in [-0.4, -0.2) is 24.0 Å². The summed E-state index contributed by atoms with van der Waals surface area (Å²) in [6.45, 7) is 2.20. The zero-order valence-electron chi connectivity index (χ0n) is 14.5. The molecular formula is C21H20N2OS. The van der Waals surface area contributed by atoms with Crippen molar-refractivity contribution in [3.05, 3.63) is 69.8 Å². The lowest BCUT2D eigenvalue weighted by Gasteiger charge is -2.20. The molecule has 0 bridgehead atoms. The van der Waals surface area contributed by atoms with E-state index in [2.05, 4.69) is 61.2 Å². The van der Waals surface area contributed by atoms with Crippen molar-refractivity contribution in [2.45, 2.75) is 13.0 Å². The Hall–Kier alpha value is -2.43. The normalized spacial score (nSPS) is 13.0. The van der Waals surface area contributed by atoms with Crippen molar-refractivity contribution < 1.29 is 0 Å². The van der Waals surface area contributed by atoms with Gasteiger partial charge in [-0.1, -0.05) is 36.4 Å². The average molecular weight is 348 g/mol. The highest BCUT2D eigenvalue weighted by Gasteiger charge is 2.12. The quantitative estimate of drug-likeness (QED) is 0.563. The Bertz CT molecular complexity index is 1110. The first-order valence-corrected chi connectivity index (χ1v) is 9.23. The topological polar surface area (TPSA) is 36.1 Å². The van der Waals surface area contributed by atoms with Gasteiger partial charge in [-0.3, -0.25) is 4.79 Å². The van der Waals surface area contributed by atoms with Crippen LogP contribution in [-0.2, 0) is 0 Å². The summed E-state index contributed by atoms with van der Waals surface area (Å²) in [6.07, 6.45) is 0. The summed E-state index contributed by atoms with van der Waals surface area (Å²) in [5.74, 6) is 0. The van der Waals surface area contributed by atoms with Crippen LogP contribution in [0.4, 0.5) is 0 Å². The third-order valence-electron chi connectivity index (χ3n) is 4.93. The number of aromatic amines is 1. The molecule has 0 saturated heterocycles. The molecule has 4 aromatic rings. The minimum Gasteiger partial charge on any atom is -0.321 e. The van der Waals surface area contributed by atoms with Crippen molar-refractivity contribution in [3.63, 3.8) is 0 Å². The number of nitrogens with one attached hydrogen (secondary N) is 1. The Labute approximate surface area is 150 Å². The van der Waals surface area contributed by atoms with Gasteiger partial charge in [0.15, 0.2) is 0 Å². The van der Waals surface area contributed by atoms with Gasteiger partial charge in [-0.05, 0) is 55.2 Å². The van der Waals surface area contributed by atoms with Crippen molar-refractivity contribution in [2.24, 2.45) is 0 Å². The van der Waals surface area contributed by atoms with Crippen molar-refractivity contribution in [3.8, 4) is 11.1 Å². The standard InChI is InChI=1S/C21H20N2OS/c1-13(23(2)3)14-7-9-15(10-8-14)16-5-4-6-18-19(16)17-11-12-25-20(17)21(24)22-18/h4-13H,1-3H3,(H,22,24). The van der Waals surface area contributed by atoms with E-state index in [9.17, 15) is 4.79 Å². The highest BCUT2D eigenvalue weighted by molar-refractivity contribution is 7.17. The third-order valence-corrected chi connectivity index (χ3v) is 5.85. The van der Waals surface area contributed by atoms with E-state index in [1.54, 1.807) is 0 Å². The Balaban J connectivity index is 1.92. The second-order valence-electron chi connectivity index (χ2n) is 6.61. The fraction of sp³-hybridized carbons (Fsp3) is 0.190. The number of rotatable bonds is 3. The van der Waals surface area contributed by atoms with E-state index in [0.29, 0.717) is 6.04 Å². The summed E-state index contributed by atoms with van der Waals surface area (Å²) < 4.78 is 0.790. The average Bonchev–Trinajstić information content (AvgIpc) is 3.11. The van der Waals surface area contributed by atoms with E-state index in [-0.39, 0.29) is 5.56 Å². The Morgan fingerprint density at radius 2 is 1.80 bits per heavy atom. The monoisotopic (exact) mass is 348 g/mol. The maximum Gasteiger partial charge on any atom is 0.266 e. The van der Waals surface area contributed by atoms with Crippen LogP contribution in [0.15, 0.2) is 58.7 Å². The first-order valence-electron chi connectivity index (χ1n) is 8.35. The lowest BCUT2D eigenvalue weighted by atomic mass is 9.96. The van der Waals surface area contributed by atoms with Gasteiger partial charge < -0.3 is 9.88 Å². The van der Waals surface area contributed by atoms with Gasteiger partial charge in [0.05, 0.1) is 0 Å². The fourth-order valence-electron chi connectivity index (χ4n) is 3.29. The molecule has 2 aromatic heterocycles. The zero-order chi connectivity index (χ0) is 17.6. The number of hydrogen-bond donors (Lipinski definition) is 1. The number of H-pyrrole nitrogens is 1. The number of aromatic nitrogens is 1. The fourth-order valence-corrected chi connectivity index (χ4v) is 4.08. The number of hydrogen-bond acceptors (Lipinski definition) is 3.